The number of halogens is 1. The molecule has 24 heavy (non-hydrogen) atoms. The number of hydrogen-bond acceptors (Lipinski definition) is 5. The van der Waals surface area contributed by atoms with Crippen LogP contribution in [0.2, 0.25) is 0 Å². The van der Waals surface area contributed by atoms with E-state index in [1.807, 2.05) is 50.4 Å². The largest absolute Gasteiger partial charge is 0.375 e. The number of ether oxygens (including phenoxy) is 1. The van der Waals surface area contributed by atoms with Gasteiger partial charge in [0.1, 0.15) is 11.7 Å². The second-order valence-corrected chi connectivity index (χ2v) is 5.66. The summed E-state index contributed by atoms with van der Waals surface area (Å²) in [4.78, 5) is 12.4. The van der Waals surface area contributed by atoms with Gasteiger partial charge in [0.25, 0.3) is 0 Å². The molecular formula is C16H22ClN5O2. The Balaban J connectivity index is 0.00000208. The number of carbonyl (C=O) groups excluding carboxylic acids is 1. The molecule has 3 rings (SSSR count). The predicted molar refractivity (Wildman–Crippen MR) is 92.4 cm³/mol. The van der Waals surface area contributed by atoms with Crippen LogP contribution in [0.25, 0.3) is 5.69 Å². The lowest BCUT2D eigenvalue weighted by Gasteiger charge is -2.30. The lowest BCUT2D eigenvalue weighted by Crippen LogP contribution is -2.55. The third-order valence-corrected chi connectivity index (χ3v) is 3.93. The molecule has 0 bridgehead atoms. The maximum Gasteiger partial charge on any atom is 0.240 e. The Bertz CT molecular complexity index is 663. The molecule has 0 radical (unpaired) electrons. The summed E-state index contributed by atoms with van der Waals surface area (Å²) < 4.78 is 7.20. The summed E-state index contributed by atoms with van der Waals surface area (Å²) in [7, 11) is 0. The number of para-hydroxylation sites is 1. The highest BCUT2D eigenvalue weighted by molar-refractivity contribution is 5.85. The molecule has 1 aliphatic heterocycles. The summed E-state index contributed by atoms with van der Waals surface area (Å²) in [6.45, 7) is 5.10. The summed E-state index contributed by atoms with van der Waals surface area (Å²) in [5.41, 5.74) is 1.65. The Kier molecular flexibility index (Phi) is 6.30. The first-order chi connectivity index (χ1) is 11.1. The molecule has 2 N–H and O–H groups in total. The van der Waals surface area contributed by atoms with Crippen molar-refractivity contribution in [2.24, 2.45) is 0 Å². The Morgan fingerprint density at radius 1 is 1.42 bits per heavy atom. The van der Waals surface area contributed by atoms with Crippen LogP contribution in [0.4, 0.5) is 0 Å². The molecule has 3 atom stereocenters. The highest BCUT2D eigenvalue weighted by atomic mass is 35.5. The van der Waals surface area contributed by atoms with Crippen molar-refractivity contribution in [1.82, 2.24) is 25.6 Å². The molecule has 2 aromatic rings. The lowest BCUT2D eigenvalue weighted by atomic mass is 10.1. The summed E-state index contributed by atoms with van der Waals surface area (Å²) in [5.74, 6) is -0.0843. The van der Waals surface area contributed by atoms with E-state index < -0.39 is 0 Å². The summed E-state index contributed by atoms with van der Waals surface area (Å²) in [6.07, 6.45) is 1.69. The first-order valence-electron chi connectivity index (χ1n) is 7.78. The topological polar surface area (TPSA) is 81.1 Å². The van der Waals surface area contributed by atoms with E-state index in [-0.39, 0.29) is 36.5 Å². The molecule has 2 heterocycles. The minimum atomic E-state index is -0.338. The van der Waals surface area contributed by atoms with Crippen molar-refractivity contribution in [2.75, 3.05) is 13.2 Å². The van der Waals surface area contributed by atoms with Gasteiger partial charge in [0.05, 0.1) is 30.6 Å². The number of benzene rings is 1. The van der Waals surface area contributed by atoms with E-state index in [0.717, 1.165) is 5.69 Å². The molecule has 0 aliphatic carbocycles. The van der Waals surface area contributed by atoms with Crippen LogP contribution < -0.4 is 10.6 Å². The van der Waals surface area contributed by atoms with Gasteiger partial charge in [-0.3, -0.25) is 4.79 Å². The van der Waals surface area contributed by atoms with Crippen LogP contribution in [-0.4, -0.2) is 46.2 Å². The van der Waals surface area contributed by atoms with E-state index in [9.17, 15) is 4.79 Å². The van der Waals surface area contributed by atoms with E-state index in [1.54, 1.807) is 4.68 Å². The first-order valence-corrected chi connectivity index (χ1v) is 7.78. The molecule has 7 nitrogen and oxygen atoms in total. The predicted octanol–water partition coefficient (Wildman–Crippen LogP) is 1.24. The minimum absolute atomic E-state index is 0. The fraction of sp³-hybridized carbons (Fsp3) is 0.438. The van der Waals surface area contributed by atoms with E-state index >= 15 is 0 Å². The van der Waals surface area contributed by atoms with Gasteiger partial charge in [-0.05, 0) is 26.0 Å². The van der Waals surface area contributed by atoms with Crippen molar-refractivity contribution < 1.29 is 9.53 Å². The molecule has 8 heteroatoms. The van der Waals surface area contributed by atoms with Gasteiger partial charge in [-0.2, -0.15) is 0 Å². The number of amides is 1. The number of aromatic nitrogens is 3. The van der Waals surface area contributed by atoms with Gasteiger partial charge >= 0.3 is 0 Å². The summed E-state index contributed by atoms with van der Waals surface area (Å²) in [5, 5.41) is 14.4. The maximum absolute atomic E-state index is 12.4. The average Bonchev–Trinajstić information content (AvgIpc) is 3.06. The first kappa shape index (κ1) is 18.4. The van der Waals surface area contributed by atoms with Gasteiger partial charge in [0, 0.05) is 6.54 Å². The zero-order valence-electron chi connectivity index (χ0n) is 13.7. The van der Waals surface area contributed by atoms with Crippen molar-refractivity contribution >= 4 is 18.3 Å². The van der Waals surface area contributed by atoms with E-state index in [0.29, 0.717) is 18.8 Å². The van der Waals surface area contributed by atoms with E-state index in [2.05, 4.69) is 20.9 Å². The minimum Gasteiger partial charge on any atom is -0.375 e. The monoisotopic (exact) mass is 351 g/mol. The Hall–Kier alpha value is -1.96. The zero-order chi connectivity index (χ0) is 16.2. The second kappa shape index (κ2) is 8.23. The molecule has 1 aromatic heterocycles. The molecule has 1 unspecified atom stereocenters. The fourth-order valence-corrected chi connectivity index (χ4v) is 2.59. The molecular weight excluding hydrogens is 330 g/mol. The molecule has 0 spiro atoms. The number of nitrogens with zero attached hydrogens (tertiary/aromatic N) is 3. The molecule has 1 aromatic carbocycles. The van der Waals surface area contributed by atoms with E-state index in [4.69, 9.17) is 4.74 Å². The standard InChI is InChI=1S/C16H21N5O2.ClH/c1-11(18-16(22)15-12(2)23-9-8-17-15)14-10-21(20-19-14)13-6-4-3-5-7-13;/h3-7,10-12,15,17H,8-9H2,1-2H3,(H,18,22);1H/t11?,12-,15+;/m1./s1. The van der Waals surface area contributed by atoms with Gasteiger partial charge in [-0.1, -0.05) is 23.4 Å². The van der Waals surface area contributed by atoms with Crippen LogP contribution in [0.3, 0.4) is 0 Å². The normalized spacial score (nSPS) is 21.6. The molecule has 1 amide bonds. The van der Waals surface area contributed by atoms with Crippen LogP contribution in [0, 0.1) is 0 Å². The second-order valence-electron chi connectivity index (χ2n) is 5.66. The fourth-order valence-electron chi connectivity index (χ4n) is 2.59. The molecule has 130 valence electrons. The van der Waals surface area contributed by atoms with Crippen molar-refractivity contribution in [2.45, 2.75) is 32.0 Å². The maximum atomic E-state index is 12.4. The molecule has 1 fully saturated rings. The smallest absolute Gasteiger partial charge is 0.240 e. The number of carbonyl (C=O) groups is 1. The summed E-state index contributed by atoms with van der Waals surface area (Å²) >= 11 is 0. The van der Waals surface area contributed by atoms with Crippen LogP contribution in [0.1, 0.15) is 25.6 Å². The molecule has 1 saturated heterocycles. The van der Waals surface area contributed by atoms with Crippen LogP contribution >= 0.6 is 12.4 Å². The van der Waals surface area contributed by atoms with E-state index in [1.165, 1.54) is 0 Å². The number of hydrogen-bond donors (Lipinski definition) is 2. The number of nitrogens with one attached hydrogen (secondary N) is 2. The SMILES string of the molecule is CC(NC(=O)[C@H]1NCCO[C@@H]1C)c1cn(-c2ccccc2)nn1.Cl. The van der Waals surface area contributed by atoms with Crippen LogP contribution in [0.15, 0.2) is 36.5 Å². The highest BCUT2D eigenvalue weighted by Crippen LogP contribution is 2.13. The van der Waals surface area contributed by atoms with Crippen LogP contribution in [-0.2, 0) is 9.53 Å². The van der Waals surface area contributed by atoms with Gasteiger partial charge in [-0.25, -0.2) is 4.68 Å². The van der Waals surface area contributed by atoms with Gasteiger partial charge < -0.3 is 15.4 Å². The average molecular weight is 352 g/mol. The molecule has 0 saturated carbocycles. The summed E-state index contributed by atoms with van der Waals surface area (Å²) in [6, 6.07) is 9.17. The lowest BCUT2D eigenvalue weighted by molar-refractivity contribution is -0.129. The van der Waals surface area contributed by atoms with Crippen molar-refractivity contribution in [3.63, 3.8) is 0 Å². The van der Waals surface area contributed by atoms with Crippen molar-refractivity contribution in [3.8, 4) is 5.69 Å². The van der Waals surface area contributed by atoms with Gasteiger partial charge in [-0.15, -0.1) is 17.5 Å². The zero-order valence-corrected chi connectivity index (χ0v) is 14.5. The third-order valence-electron chi connectivity index (χ3n) is 3.93. The highest BCUT2D eigenvalue weighted by Gasteiger charge is 2.29. The number of morpholine rings is 1. The Morgan fingerprint density at radius 3 is 2.88 bits per heavy atom. The number of rotatable bonds is 4. The Labute approximate surface area is 147 Å². The third kappa shape index (κ3) is 4.11. The van der Waals surface area contributed by atoms with Crippen molar-refractivity contribution in [1.29, 1.82) is 0 Å². The van der Waals surface area contributed by atoms with Crippen molar-refractivity contribution in [3.05, 3.63) is 42.2 Å². The van der Waals surface area contributed by atoms with Crippen LogP contribution in [0.5, 0.6) is 0 Å². The quantitative estimate of drug-likeness (QED) is 0.866. The molecule has 1 aliphatic rings. The van der Waals surface area contributed by atoms with Gasteiger partial charge in [0.15, 0.2) is 0 Å². The Morgan fingerprint density at radius 2 is 2.17 bits per heavy atom. The van der Waals surface area contributed by atoms with Gasteiger partial charge in [0.2, 0.25) is 5.91 Å².